The molecule has 146 valence electrons. The number of rotatable bonds is 6. The molecule has 2 N–H and O–H groups in total. The first-order valence-corrected chi connectivity index (χ1v) is 9.44. The molecular formula is C19H28N6O2. The molecule has 27 heavy (non-hydrogen) atoms. The molecular weight excluding hydrogens is 344 g/mol. The van der Waals surface area contributed by atoms with E-state index in [0.29, 0.717) is 19.5 Å². The van der Waals surface area contributed by atoms with Gasteiger partial charge in [0.2, 0.25) is 11.8 Å². The van der Waals surface area contributed by atoms with E-state index in [9.17, 15) is 9.59 Å². The van der Waals surface area contributed by atoms with Crippen LogP contribution in [0.25, 0.3) is 0 Å². The molecule has 1 fully saturated rings. The van der Waals surface area contributed by atoms with Crippen LogP contribution in [0.5, 0.6) is 0 Å². The first kappa shape index (κ1) is 19.1. The van der Waals surface area contributed by atoms with Crippen LogP contribution in [0.15, 0.2) is 12.4 Å². The maximum absolute atomic E-state index is 12.7. The molecule has 0 radical (unpaired) electrons. The molecule has 2 aromatic rings. The zero-order valence-corrected chi connectivity index (χ0v) is 16.3. The Morgan fingerprint density at radius 1 is 1.30 bits per heavy atom. The first-order valence-electron chi connectivity index (χ1n) is 9.44. The van der Waals surface area contributed by atoms with Crippen LogP contribution >= 0.6 is 0 Å². The van der Waals surface area contributed by atoms with E-state index < -0.39 is 5.91 Å². The van der Waals surface area contributed by atoms with Crippen molar-refractivity contribution < 1.29 is 9.59 Å². The Morgan fingerprint density at radius 2 is 2.07 bits per heavy atom. The lowest BCUT2D eigenvalue weighted by atomic mass is 9.96. The quantitative estimate of drug-likeness (QED) is 0.826. The average Bonchev–Trinajstić information content (AvgIpc) is 3.19. The van der Waals surface area contributed by atoms with Gasteiger partial charge in [-0.15, -0.1) is 0 Å². The molecule has 0 bridgehead atoms. The highest BCUT2D eigenvalue weighted by Gasteiger charge is 2.27. The molecule has 0 saturated carbocycles. The molecule has 2 aromatic heterocycles. The predicted octanol–water partition coefficient (Wildman–Crippen LogP) is 1.29. The summed E-state index contributed by atoms with van der Waals surface area (Å²) in [5.41, 5.74) is 8.63. The Morgan fingerprint density at radius 3 is 2.74 bits per heavy atom. The van der Waals surface area contributed by atoms with Crippen molar-refractivity contribution in [2.24, 2.45) is 5.73 Å². The minimum absolute atomic E-state index is 0.122. The lowest BCUT2D eigenvalue weighted by Gasteiger charge is -2.32. The predicted molar refractivity (Wildman–Crippen MR) is 101 cm³/mol. The number of likely N-dealkylation sites (tertiary alicyclic amines) is 1. The number of nitrogens with zero attached hydrogens (tertiary/aromatic N) is 5. The van der Waals surface area contributed by atoms with Crippen molar-refractivity contribution in [3.05, 3.63) is 35.2 Å². The van der Waals surface area contributed by atoms with Crippen LogP contribution < -0.4 is 5.73 Å². The van der Waals surface area contributed by atoms with Gasteiger partial charge < -0.3 is 15.2 Å². The topological polar surface area (TPSA) is 99.0 Å². The van der Waals surface area contributed by atoms with Crippen LogP contribution in [0.2, 0.25) is 0 Å². The van der Waals surface area contributed by atoms with Gasteiger partial charge in [0.15, 0.2) is 0 Å². The number of nitrogens with two attached hydrogens (primary N) is 1. The van der Waals surface area contributed by atoms with Crippen molar-refractivity contribution in [2.45, 2.75) is 59.0 Å². The number of piperidine rings is 1. The third-order valence-electron chi connectivity index (χ3n) is 5.49. The second kappa shape index (κ2) is 7.94. The van der Waals surface area contributed by atoms with E-state index >= 15 is 0 Å². The van der Waals surface area contributed by atoms with Gasteiger partial charge in [0.25, 0.3) is 0 Å². The van der Waals surface area contributed by atoms with Crippen molar-refractivity contribution in [2.75, 3.05) is 13.1 Å². The minimum Gasteiger partial charge on any atom is -0.368 e. The molecule has 1 atom stereocenters. The van der Waals surface area contributed by atoms with Crippen LogP contribution in [0.1, 0.15) is 48.0 Å². The van der Waals surface area contributed by atoms with Crippen LogP contribution in [0.3, 0.4) is 0 Å². The number of carbonyl (C=O) groups is 2. The van der Waals surface area contributed by atoms with E-state index in [4.69, 9.17) is 5.73 Å². The molecule has 0 spiro atoms. The van der Waals surface area contributed by atoms with Gasteiger partial charge in [-0.05, 0) is 39.2 Å². The van der Waals surface area contributed by atoms with Crippen molar-refractivity contribution in [1.82, 2.24) is 24.2 Å². The average molecular weight is 372 g/mol. The summed E-state index contributed by atoms with van der Waals surface area (Å²) in [6.45, 7) is 8.19. The van der Waals surface area contributed by atoms with Crippen molar-refractivity contribution >= 4 is 11.8 Å². The number of imidazole rings is 1. The summed E-state index contributed by atoms with van der Waals surface area (Å²) in [6, 6.07) is 0. The highest BCUT2D eigenvalue weighted by atomic mass is 16.2. The van der Waals surface area contributed by atoms with E-state index in [0.717, 1.165) is 36.6 Å². The maximum Gasteiger partial charge on any atom is 0.237 e. The molecule has 0 aromatic carbocycles. The largest absolute Gasteiger partial charge is 0.368 e. The fourth-order valence-electron chi connectivity index (χ4n) is 3.76. The standard InChI is InChI=1S/C19H28N6O2/c1-13-14(2)22-25(15(13)3)9-6-18(27)23-8-4-5-16(11-23)19-21-7-10-24(19)12-17(20)26/h7,10,16H,4-6,8-9,11-12H2,1-3H3,(H2,20,26)/t16-/m0/s1. The van der Waals surface area contributed by atoms with Gasteiger partial charge in [-0.1, -0.05) is 0 Å². The molecule has 8 nitrogen and oxygen atoms in total. The summed E-state index contributed by atoms with van der Waals surface area (Å²) in [6.07, 6.45) is 5.77. The molecule has 0 aliphatic carbocycles. The smallest absolute Gasteiger partial charge is 0.237 e. The minimum atomic E-state index is -0.391. The van der Waals surface area contributed by atoms with Crippen molar-refractivity contribution in [3.63, 3.8) is 0 Å². The fourth-order valence-corrected chi connectivity index (χ4v) is 3.76. The van der Waals surface area contributed by atoms with Gasteiger partial charge in [-0.3, -0.25) is 14.3 Å². The SMILES string of the molecule is Cc1nn(CCC(=O)N2CCC[C@H](c3nccn3CC(N)=O)C2)c(C)c1C. The highest BCUT2D eigenvalue weighted by molar-refractivity contribution is 5.76. The van der Waals surface area contributed by atoms with Gasteiger partial charge in [0.1, 0.15) is 12.4 Å². The Labute approximate surface area is 159 Å². The van der Waals surface area contributed by atoms with E-state index in [1.54, 1.807) is 17.0 Å². The number of primary amides is 1. The molecule has 1 aliphatic rings. The normalized spacial score (nSPS) is 17.3. The maximum atomic E-state index is 12.7. The molecule has 0 unspecified atom stereocenters. The molecule has 3 heterocycles. The van der Waals surface area contributed by atoms with E-state index in [-0.39, 0.29) is 18.4 Å². The molecule has 2 amide bonds. The van der Waals surface area contributed by atoms with Gasteiger partial charge in [-0.2, -0.15) is 5.10 Å². The van der Waals surface area contributed by atoms with Gasteiger partial charge in [0, 0.05) is 50.1 Å². The lowest BCUT2D eigenvalue weighted by Crippen LogP contribution is -2.40. The summed E-state index contributed by atoms with van der Waals surface area (Å²) < 4.78 is 3.71. The summed E-state index contributed by atoms with van der Waals surface area (Å²) in [5, 5.41) is 4.51. The first-order chi connectivity index (χ1) is 12.9. The molecule has 1 saturated heterocycles. The number of hydrogen-bond donors (Lipinski definition) is 1. The summed E-state index contributed by atoms with van der Waals surface area (Å²) in [5.74, 6) is 0.713. The molecule has 8 heteroatoms. The molecule has 1 aliphatic heterocycles. The van der Waals surface area contributed by atoms with Crippen LogP contribution in [0, 0.1) is 20.8 Å². The van der Waals surface area contributed by atoms with Gasteiger partial charge in [0.05, 0.1) is 5.69 Å². The zero-order chi connectivity index (χ0) is 19.6. The molecule has 3 rings (SSSR count). The summed E-state index contributed by atoms with van der Waals surface area (Å²) >= 11 is 0. The van der Waals surface area contributed by atoms with Crippen LogP contribution in [-0.4, -0.2) is 49.1 Å². The van der Waals surface area contributed by atoms with Gasteiger partial charge in [-0.25, -0.2) is 4.98 Å². The third-order valence-corrected chi connectivity index (χ3v) is 5.49. The van der Waals surface area contributed by atoms with Gasteiger partial charge >= 0.3 is 0 Å². The van der Waals surface area contributed by atoms with Crippen molar-refractivity contribution in [3.8, 4) is 0 Å². The second-order valence-electron chi connectivity index (χ2n) is 7.33. The van der Waals surface area contributed by atoms with Crippen LogP contribution in [0.4, 0.5) is 0 Å². The zero-order valence-electron chi connectivity index (χ0n) is 16.3. The second-order valence-corrected chi connectivity index (χ2v) is 7.33. The third kappa shape index (κ3) is 4.20. The Balaban J connectivity index is 1.62. The summed E-state index contributed by atoms with van der Waals surface area (Å²) in [4.78, 5) is 30.3. The highest BCUT2D eigenvalue weighted by Crippen LogP contribution is 2.26. The number of aromatic nitrogens is 4. The Hall–Kier alpha value is -2.64. The van der Waals surface area contributed by atoms with Crippen LogP contribution in [-0.2, 0) is 22.7 Å². The fraction of sp³-hybridized carbons (Fsp3) is 0.579. The summed E-state index contributed by atoms with van der Waals surface area (Å²) in [7, 11) is 0. The number of amides is 2. The number of carbonyl (C=O) groups excluding carboxylic acids is 2. The Kier molecular flexibility index (Phi) is 5.62. The lowest BCUT2D eigenvalue weighted by molar-refractivity contribution is -0.132. The van der Waals surface area contributed by atoms with E-state index in [2.05, 4.69) is 17.0 Å². The van der Waals surface area contributed by atoms with Crippen molar-refractivity contribution in [1.29, 1.82) is 0 Å². The number of hydrogen-bond acceptors (Lipinski definition) is 4. The monoisotopic (exact) mass is 372 g/mol. The van der Waals surface area contributed by atoms with E-state index in [1.807, 2.05) is 23.4 Å². The number of aryl methyl sites for hydroxylation is 2. The van der Waals surface area contributed by atoms with E-state index in [1.165, 1.54) is 5.56 Å². The Bertz CT molecular complexity index is 837.